The number of anilines is 1. The first-order valence-corrected chi connectivity index (χ1v) is 15.4. The zero-order chi connectivity index (χ0) is 34.9. The second kappa shape index (κ2) is 13.4. The van der Waals surface area contributed by atoms with Gasteiger partial charge in [-0.15, -0.1) is 0 Å². The molecule has 2 aromatic heterocycles. The fraction of sp³-hybridized carbons (Fsp3) is 0.353. The van der Waals surface area contributed by atoms with Crippen LogP contribution in [0.5, 0.6) is 5.88 Å². The summed E-state index contributed by atoms with van der Waals surface area (Å²) in [5, 5.41) is 9.53. The highest BCUT2D eigenvalue weighted by Gasteiger charge is 2.45. The Bertz CT molecular complexity index is 1780. The number of fused-ring (bicyclic) bond motifs is 1. The largest absolute Gasteiger partial charge is 0.482 e. The van der Waals surface area contributed by atoms with Gasteiger partial charge in [-0.05, 0) is 80.1 Å². The lowest BCUT2D eigenvalue weighted by molar-refractivity contribution is -0.137. The van der Waals surface area contributed by atoms with Crippen molar-refractivity contribution in [2.75, 3.05) is 26.1 Å². The lowest BCUT2D eigenvalue weighted by atomic mass is 9.77. The summed E-state index contributed by atoms with van der Waals surface area (Å²) in [6, 6.07) is 9.35. The van der Waals surface area contributed by atoms with Crippen molar-refractivity contribution in [3.8, 4) is 5.88 Å². The number of nitrogens with one attached hydrogen (secondary N) is 3. The van der Waals surface area contributed by atoms with Crippen LogP contribution in [-0.4, -0.2) is 48.7 Å². The monoisotopic (exact) mass is 685 g/mol. The maximum atomic E-state index is 14.1. The first kappa shape index (κ1) is 34.6. The summed E-state index contributed by atoms with van der Waals surface area (Å²) in [5.74, 6) is -0.320. The molecule has 1 aliphatic heterocycles. The highest BCUT2D eigenvalue weighted by molar-refractivity contribution is 6.31. The number of aldehydes is 1. The van der Waals surface area contributed by atoms with Gasteiger partial charge in [0.1, 0.15) is 17.0 Å². The number of dihydropyridines is 1. The molecule has 2 atom stereocenters. The molecule has 1 amide bonds. The molecular formula is C34H35ClF3N5O5. The topological polar surface area (TPSA) is 124 Å². The Morgan fingerprint density at radius 1 is 1.15 bits per heavy atom. The van der Waals surface area contributed by atoms with Gasteiger partial charge in [-0.1, -0.05) is 29.8 Å². The number of methoxy groups -OCH3 is 2. The van der Waals surface area contributed by atoms with E-state index in [9.17, 15) is 22.8 Å². The molecule has 3 heterocycles. The van der Waals surface area contributed by atoms with E-state index >= 15 is 0 Å². The van der Waals surface area contributed by atoms with Crippen LogP contribution in [-0.2, 0) is 27.6 Å². The lowest BCUT2D eigenvalue weighted by Crippen LogP contribution is -2.47. The number of ether oxygens (including phenoxy) is 3. The SMILES string of the molecule is COC1=C(CNC(=O)OC(C)(C)C)C=C(Cl)C(c2ccncc2)(c2cccc3c2CCC3Nc2nc(OC)c(C=O)cc2C(F)(F)F)N1. The molecule has 2 aliphatic rings. The van der Waals surface area contributed by atoms with Gasteiger partial charge in [-0.25, -0.2) is 4.79 Å². The van der Waals surface area contributed by atoms with Gasteiger partial charge in [0.25, 0.3) is 0 Å². The molecule has 1 aliphatic carbocycles. The molecule has 5 rings (SSSR count). The van der Waals surface area contributed by atoms with Crippen molar-refractivity contribution in [1.29, 1.82) is 0 Å². The summed E-state index contributed by atoms with van der Waals surface area (Å²) in [6.45, 7) is 5.34. The Morgan fingerprint density at radius 3 is 2.50 bits per heavy atom. The maximum absolute atomic E-state index is 14.1. The highest BCUT2D eigenvalue weighted by Crippen LogP contribution is 2.48. The first-order valence-electron chi connectivity index (χ1n) is 15.0. The van der Waals surface area contributed by atoms with Gasteiger partial charge in [-0.2, -0.15) is 18.2 Å². The third kappa shape index (κ3) is 6.77. The summed E-state index contributed by atoms with van der Waals surface area (Å²) >= 11 is 7.20. The van der Waals surface area contributed by atoms with Crippen molar-refractivity contribution in [2.24, 2.45) is 0 Å². The third-order valence-electron chi connectivity index (χ3n) is 8.02. The molecule has 10 nitrogen and oxygen atoms in total. The Hall–Kier alpha value is -4.78. The molecule has 1 aromatic carbocycles. The average Bonchev–Trinajstić information content (AvgIpc) is 3.45. The summed E-state index contributed by atoms with van der Waals surface area (Å²) in [4.78, 5) is 32.1. The minimum absolute atomic E-state index is 0.0491. The molecule has 0 radical (unpaired) electrons. The minimum atomic E-state index is -4.78. The first-order chi connectivity index (χ1) is 22.7. The number of amides is 1. The van der Waals surface area contributed by atoms with Gasteiger partial charge in [0, 0.05) is 18.0 Å². The molecule has 0 fully saturated rings. The predicted molar refractivity (Wildman–Crippen MR) is 173 cm³/mol. The molecular weight excluding hydrogens is 651 g/mol. The molecule has 3 aromatic rings. The van der Waals surface area contributed by atoms with Crippen LogP contribution in [0, 0.1) is 0 Å². The van der Waals surface area contributed by atoms with Crippen LogP contribution >= 0.6 is 11.6 Å². The number of hydrogen-bond donors (Lipinski definition) is 3. The van der Waals surface area contributed by atoms with Crippen LogP contribution in [0.3, 0.4) is 0 Å². The number of aromatic nitrogens is 2. The van der Waals surface area contributed by atoms with E-state index in [0.717, 1.165) is 28.3 Å². The van der Waals surface area contributed by atoms with E-state index in [1.165, 1.54) is 14.2 Å². The van der Waals surface area contributed by atoms with Gasteiger partial charge in [-0.3, -0.25) is 9.78 Å². The predicted octanol–water partition coefficient (Wildman–Crippen LogP) is 6.77. The number of carbonyl (C=O) groups is 2. The van der Waals surface area contributed by atoms with Gasteiger partial charge in [0.05, 0.1) is 43.0 Å². The van der Waals surface area contributed by atoms with E-state index in [0.29, 0.717) is 29.3 Å². The van der Waals surface area contributed by atoms with Gasteiger partial charge >= 0.3 is 12.3 Å². The van der Waals surface area contributed by atoms with Crippen LogP contribution in [0.15, 0.2) is 71.4 Å². The molecule has 0 saturated carbocycles. The van der Waals surface area contributed by atoms with E-state index < -0.39 is 40.8 Å². The zero-order valence-corrected chi connectivity index (χ0v) is 27.7. The standard InChI is InChI=1S/C34H35ClF3N5O5/c1-32(2,3)48-31(45)40-17-19-16-27(35)33(43-30(19)47-5,21-11-13-39-14-12-21)24-8-6-7-23-22(24)9-10-26(23)41-28-25(34(36,37)38)15-20(18-44)29(42-28)46-4/h6-8,11-16,18,26,43H,9-10,17H2,1-5H3,(H,40,45)(H,41,42). The Labute approximate surface area is 280 Å². The van der Waals surface area contributed by atoms with E-state index in [4.69, 9.17) is 25.8 Å². The highest BCUT2D eigenvalue weighted by atomic mass is 35.5. The second-order valence-corrected chi connectivity index (χ2v) is 12.6. The molecule has 2 unspecified atom stereocenters. The summed E-state index contributed by atoms with van der Waals surface area (Å²) in [5.41, 5.74) is 0.395. The van der Waals surface area contributed by atoms with Crippen molar-refractivity contribution >= 4 is 29.8 Å². The van der Waals surface area contributed by atoms with Crippen LogP contribution in [0.2, 0.25) is 0 Å². The molecule has 14 heteroatoms. The minimum Gasteiger partial charge on any atom is -0.482 e. The Morgan fingerprint density at radius 2 is 1.88 bits per heavy atom. The fourth-order valence-electron chi connectivity index (χ4n) is 6.00. The van der Waals surface area contributed by atoms with E-state index in [2.05, 4.69) is 25.9 Å². The number of rotatable bonds is 9. The van der Waals surface area contributed by atoms with Crippen molar-refractivity contribution in [2.45, 2.75) is 57.0 Å². The van der Waals surface area contributed by atoms with Crippen molar-refractivity contribution in [3.63, 3.8) is 0 Å². The molecule has 3 N–H and O–H groups in total. The summed E-state index contributed by atoms with van der Waals surface area (Å²) < 4.78 is 58.6. The fourth-order valence-corrected chi connectivity index (χ4v) is 6.39. The van der Waals surface area contributed by atoms with Crippen molar-refractivity contribution in [1.82, 2.24) is 20.6 Å². The third-order valence-corrected chi connectivity index (χ3v) is 8.41. The van der Waals surface area contributed by atoms with E-state index in [1.54, 1.807) is 39.2 Å². The lowest BCUT2D eigenvalue weighted by Gasteiger charge is -2.41. The molecule has 0 spiro atoms. The average molecular weight is 686 g/mol. The number of alkyl halides is 3. The number of carbonyl (C=O) groups excluding carboxylic acids is 2. The van der Waals surface area contributed by atoms with Crippen LogP contribution in [0.4, 0.5) is 23.8 Å². The molecule has 48 heavy (non-hydrogen) atoms. The number of halogens is 4. The summed E-state index contributed by atoms with van der Waals surface area (Å²) in [6.07, 6.45) is 0.801. The smallest absolute Gasteiger partial charge is 0.419 e. The van der Waals surface area contributed by atoms with Gasteiger partial charge in [0.2, 0.25) is 5.88 Å². The second-order valence-electron chi connectivity index (χ2n) is 12.2. The Kier molecular flexibility index (Phi) is 9.63. The number of hydrogen-bond acceptors (Lipinski definition) is 9. The Balaban J connectivity index is 1.56. The van der Waals surface area contributed by atoms with Crippen molar-refractivity contribution < 1.29 is 37.0 Å². The van der Waals surface area contributed by atoms with E-state index in [-0.39, 0.29) is 24.3 Å². The number of alkyl carbamates (subject to hydrolysis) is 1. The van der Waals surface area contributed by atoms with Crippen LogP contribution in [0.1, 0.15) is 71.4 Å². The maximum Gasteiger partial charge on any atom is 0.419 e. The van der Waals surface area contributed by atoms with Crippen LogP contribution in [0.25, 0.3) is 0 Å². The number of pyridine rings is 2. The zero-order valence-electron chi connectivity index (χ0n) is 26.9. The van der Waals surface area contributed by atoms with Gasteiger partial charge < -0.3 is 30.2 Å². The molecule has 254 valence electrons. The van der Waals surface area contributed by atoms with Crippen molar-refractivity contribution in [3.05, 3.63) is 105 Å². The molecule has 0 bridgehead atoms. The quantitative estimate of drug-likeness (QED) is 0.210. The summed E-state index contributed by atoms with van der Waals surface area (Å²) in [7, 11) is 2.73. The number of nitrogens with zero attached hydrogens (tertiary/aromatic N) is 2. The van der Waals surface area contributed by atoms with Gasteiger partial charge in [0.15, 0.2) is 12.2 Å². The number of benzene rings is 1. The molecule has 0 saturated heterocycles. The van der Waals surface area contributed by atoms with E-state index in [1.807, 2.05) is 30.3 Å². The normalized spacial score (nSPS) is 19.1. The van der Waals surface area contributed by atoms with Crippen LogP contribution < -0.4 is 20.7 Å².